The average Bonchev–Trinajstić information content (AvgIpc) is 2.92. The minimum Gasteiger partial charge on any atom is -0.425 e. The number of carbonyl (C=O) groups excluding carboxylic acids is 3. The number of nitrogens with one attached hydrogen (secondary N) is 2. The van der Waals surface area contributed by atoms with E-state index in [2.05, 4.69) is 20.5 Å². The average molecular weight is 526 g/mol. The van der Waals surface area contributed by atoms with Gasteiger partial charge in [-0.05, 0) is 55.3 Å². The molecule has 1 aliphatic heterocycles. The molecular weight excluding hydrogens is 494 g/mol. The largest absolute Gasteiger partial charge is 0.425 e. The molecule has 4 N–H and O–H groups in total. The zero-order chi connectivity index (χ0) is 27.4. The predicted octanol–water partition coefficient (Wildman–Crippen LogP) is 4.23. The molecule has 0 saturated carbocycles. The second-order valence-corrected chi connectivity index (χ2v) is 9.79. The van der Waals surface area contributed by atoms with Crippen LogP contribution in [-0.4, -0.2) is 54.0 Å². The molecule has 1 saturated heterocycles. The molecule has 1 fully saturated rings. The van der Waals surface area contributed by atoms with E-state index in [9.17, 15) is 14.4 Å². The number of pyridine rings is 1. The third-order valence-corrected chi connectivity index (χ3v) is 6.99. The lowest BCUT2D eigenvalue weighted by molar-refractivity contribution is -0.140. The summed E-state index contributed by atoms with van der Waals surface area (Å²) in [5, 5.41) is 8.20. The number of para-hydroxylation sites is 1. The SMILES string of the molecule is Cc1cc(NC(=O)NCCN2CCCC(C(=O)Oc3ccc4ccccc4c3C(N)=O)C2)c2ccccc2n1. The number of aromatic nitrogens is 1. The third-order valence-electron chi connectivity index (χ3n) is 6.99. The Morgan fingerprint density at radius 2 is 1.82 bits per heavy atom. The van der Waals surface area contributed by atoms with Crippen molar-refractivity contribution in [2.24, 2.45) is 11.7 Å². The normalized spacial score (nSPS) is 15.7. The van der Waals surface area contributed by atoms with E-state index in [1.54, 1.807) is 12.1 Å². The van der Waals surface area contributed by atoms with Gasteiger partial charge in [0.05, 0.1) is 22.7 Å². The van der Waals surface area contributed by atoms with Crippen molar-refractivity contribution in [2.75, 3.05) is 31.5 Å². The van der Waals surface area contributed by atoms with Crippen LogP contribution in [0.2, 0.25) is 0 Å². The van der Waals surface area contributed by atoms with E-state index in [0.717, 1.165) is 34.9 Å². The summed E-state index contributed by atoms with van der Waals surface area (Å²) in [6, 6.07) is 20.0. The molecule has 1 aromatic heterocycles. The molecule has 1 unspecified atom stereocenters. The Morgan fingerprint density at radius 3 is 2.64 bits per heavy atom. The number of ether oxygens (including phenoxy) is 1. The van der Waals surface area contributed by atoms with Gasteiger partial charge in [-0.15, -0.1) is 0 Å². The number of hydrogen-bond donors (Lipinski definition) is 3. The van der Waals surface area contributed by atoms with E-state index >= 15 is 0 Å². The number of urea groups is 1. The number of primary amides is 1. The first-order valence-electron chi connectivity index (χ1n) is 13.1. The quantitative estimate of drug-likeness (QED) is 0.245. The summed E-state index contributed by atoms with van der Waals surface area (Å²) in [5.74, 6) is -1.19. The molecule has 0 bridgehead atoms. The highest BCUT2D eigenvalue weighted by Crippen LogP contribution is 2.29. The molecule has 0 aliphatic carbocycles. The number of likely N-dealkylation sites (tertiary alicyclic amines) is 1. The van der Waals surface area contributed by atoms with Crippen LogP contribution in [0.4, 0.5) is 10.5 Å². The lowest BCUT2D eigenvalue weighted by Gasteiger charge is -2.31. The molecule has 9 heteroatoms. The number of aryl methyl sites for hydroxylation is 1. The van der Waals surface area contributed by atoms with Gasteiger partial charge in [0.15, 0.2) is 0 Å². The maximum absolute atomic E-state index is 13.1. The van der Waals surface area contributed by atoms with Crippen molar-refractivity contribution in [3.63, 3.8) is 0 Å². The Labute approximate surface area is 226 Å². The van der Waals surface area contributed by atoms with Crippen LogP contribution in [-0.2, 0) is 4.79 Å². The number of nitrogens with two attached hydrogens (primary N) is 1. The molecule has 1 aliphatic rings. The molecular formula is C30H31N5O4. The molecule has 1 atom stereocenters. The fourth-order valence-corrected chi connectivity index (χ4v) is 5.14. The molecule has 3 aromatic carbocycles. The van der Waals surface area contributed by atoms with Crippen LogP contribution < -0.4 is 21.1 Å². The molecule has 39 heavy (non-hydrogen) atoms. The van der Waals surface area contributed by atoms with Crippen molar-refractivity contribution in [3.05, 3.63) is 78.0 Å². The zero-order valence-corrected chi connectivity index (χ0v) is 21.8. The van der Waals surface area contributed by atoms with E-state index in [4.69, 9.17) is 10.5 Å². The van der Waals surface area contributed by atoms with Crippen molar-refractivity contribution in [1.82, 2.24) is 15.2 Å². The highest BCUT2D eigenvalue weighted by molar-refractivity contribution is 6.09. The van der Waals surface area contributed by atoms with E-state index in [1.165, 1.54) is 0 Å². The highest BCUT2D eigenvalue weighted by atomic mass is 16.5. The molecule has 0 spiro atoms. The summed E-state index contributed by atoms with van der Waals surface area (Å²) < 4.78 is 5.71. The van der Waals surface area contributed by atoms with Gasteiger partial charge >= 0.3 is 12.0 Å². The summed E-state index contributed by atoms with van der Waals surface area (Å²) in [7, 11) is 0. The number of rotatable bonds is 7. The first-order chi connectivity index (χ1) is 18.9. The molecule has 4 aromatic rings. The van der Waals surface area contributed by atoms with Crippen molar-refractivity contribution < 1.29 is 19.1 Å². The fourth-order valence-electron chi connectivity index (χ4n) is 5.14. The van der Waals surface area contributed by atoms with Gasteiger partial charge in [-0.25, -0.2) is 4.79 Å². The minimum absolute atomic E-state index is 0.181. The Balaban J connectivity index is 1.16. The summed E-state index contributed by atoms with van der Waals surface area (Å²) in [5.41, 5.74) is 8.20. The minimum atomic E-state index is -0.640. The Kier molecular flexibility index (Phi) is 7.69. The maximum Gasteiger partial charge on any atom is 0.319 e. The number of carbonyl (C=O) groups is 3. The lowest BCUT2D eigenvalue weighted by atomic mass is 9.98. The van der Waals surface area contributed by atoms with Crippen LogP contribution in [0.25, 0.3) is 21.7 Å². The monoisotopic (exact) mass is 525 g/mol. The van der Waals surface area contributed by atoms with E-state index in [-0.39, 0.29) is 29.2 Å². The van der Waals surface area contributed by atoms with Gasteiger partial charge in [-0.1, -0.05) is 48.5 Å². The third kappa shape index (κ3) is 5.99. The van der Waals surface area contributed by atoms with Crippen LogP contribution >= 0.6 is 0 Å². The second-order valence-electron chi connectivity index (χ2n) is 9.79. The van der Waals surface area contributed by atoms with E-state index in [0.29, 0.717) is 37.1 Å². The Hall–Kier alpha value is -4.50. The van der Waals surface area contributed by atoms with E-state index in [1.807, 2.05) is 61.5 Å². The number of benzene rings is 3. The molecule has 2 heterocycles. The number of amides is 3. The zero-order valence-electron chi connectivity index (χ0n) is 21.8. The highest BCUT2D eigenvalue weighted by Gasteiger charge is 2.28. The topological polar surface area (TPSA) is 127 Å². The smallest absolute Gasteiger partial charge is 0.319 e. The van der Waals surface area contributed by atoms with Gasteiger partial charge < -0.3 is 26.0 Å². The predicted molar refractivity (Wildman–Crippen MR) is 151 cm³/mol. The van der Waals surface area contributed by atoms with E-state index < -0.39 is 5.91 Å². The van der Waals surface area contributed by atoms with Crippen molar-refractivity contribution >= 4 is 45.3 Å². The first kappa shape index (κ1) is 26.1. The van der Waals surface area contributed by atoms with Crippen LogP contribution in [0.15, 0.2) is 66.7 Å². The number of anilines is 1. The van der Waals surface area contributed by atoms with Gasteiger partial charge in [-0.3, -0.25) is 14.6 Å². The van der Waals surface area contributed by atoms with Crippen molar-refractivity contribution in [1.29, 1.82) is 0 Å². The first-order valence-corrected chi connectivity index (χ1v) is 13.1. The lowest BCUT2D eigenvalue weighted by Crippen LogP contribution is -2.44. The summed E-state index contributed by atoms with van der Waals surface area (Å²) >= 11 is 0. The molecule has 200 valence electrons. The number of esters is 1. The van der Waals surface area contributed by atoms with Gasteiger partial charge in [0.1, 0.15) is 5.75 Å². The van der Waals surface area contributed by atoms with Gasteiger partial charge in [-0.2, -0.15) is 0 Å². The molecule has 0 radical (unpaired) electrons. The standard InChI is InChI=1S/C30H31N5O4/c1-19-17-25(23-10-4-5-11-24(23)33-19)34-30(38)32-14-16-35-15-6-8-21(18-35)29(37)39-26-13-12-20-7-2-3-9-22(20)27(26)28(31)36/h2-5,7,9-13,17,21H,6,8,14-16,18H2,1H3,(H2,31,36)(H2,32,33,34,38). The van der Waals surface area contributed by atoms with Crippen LogP contribution in [0.1, 0.15) is 28.9 Å². The number of piperidine rings is 1. The summed E-state index contributed by atoms with van der Waals surface area (Å²) in [6.07, 6.45) is 1.52. The second kappa shape index (κ2) is 11.5. The number of nitrogens with zero attached hydrogens (tertiary/aromatic N) is 2. The van der Waals surface area contributed by atoms with Gasteiger partial charge in [0.2, 0.25) is 0 Å². The molecule has 5 rings (SSSR count). The van der Waals surface area contributed by atoms with Gasteiger partial charge in [0, 0.05) is 30.7 Å². The Morgan fingerprint density at radius 1 is 1.05 bits per heavy atom. The van der Waals surface area contributed by atoms with Crippen LogP contribution in [0, 0.1) is 12.8 Å². The Bertz CT molecular complexity index is 1550. The number of hydrogen-bond acceptors (Lipinski definition) is 6. The summed E-state index contributed by atoms with van der Waals surface area (Å²) in [4.78, 5) is 44.5. The van der Waals surface area contributed by atoms with Crippen molar-refractivity contribution in [2.45, 2.75) is 19.8 Å². The van der Waals surface area contributed by atoms with Crippen LogP contribution in [0.3, 0.4) is 0 Å². The summed E-state index contributed by atoms with van der Waals surface area (Å²) in [6.45, 7) is 4.24. The maximum atomic E-state index is 13.1. The molecule has 3 amide bonds. The van der Waals surface area contributed by atoms with Crippen molar-refractivity contribution in [3.8, 4) is 5.75 Å². The van der Waals surface area contributed by atoms with Crippen LogP contribution in [0.5, 0.6) is 5.75 Å². The molecule has 9 nitrogen and oxygen atoms in total. The van der Waals surface area contributed by atoms with Gasteiger partial charge in [0.25, 0.3) is 5.91 Å². The fraction of sp³-hybridized carbons (Fsp3) is 0.267. The number of fused-ring (bicyclic) bond motifs is 2.